The van der Waals surface area contributed by atoms with Gasteiger partial charge in [0.2, 0.25) is 0 Å². The second kappa shape index (κ2) is 3.46. The number of nitriles is 1. The number of nitrogens with one attached hydrogen (secondary N) is 1. The van der Waals surface area contributed by atoms with Crippen molar-refractivity contribution in [1.29, 1.82) is 5.26 Å². The van der Waals surface area contributed by atoms with Gasteiger partial charge in [-0.1, -0.05) is 0 Å². The third kappa shape index (κ3) is 1.44. The van der Waals surface area contributed by atoms with Gasteiger partial charge in [-0.05, 0) is 25.1 Å². The van der Waals surface area contributed by atoms with Crippen molar-refractivity contribution in [1.82, 2.24) is 0 Å². The zero-order valence-corrected chi connectivity index (χ0v) is 9.25. The second-order valence-electron chi connectivity index (χ2n) is 3.67. The molecule has 0 spiro atoms. The minimum atomic E-state index is -3.69. The van der Waals surface area contributed by atoms with Gasteiger partial charge >= 0.3 is 0 Å². The van der Waals surface area contributed by atoms with E-state index in [1.807, 2.05) is 0 Å². The molecule has 0 radical (unpaired) electrons. The van der Waals surface area contributed by atoms with Crippen LogP contribution in [0.3, 0.4) is 0 Å². The highest BCUT2D eigenvalue weighted by Crippen LogP contribution is 2.32. The summed E-state index contributed by atoms with van der Waals surface area (Å²) in [7, 11) is -3.69. The Morgan fingerprint density at radius 1 is 1.50 bits per heavy atom. The molecule has 1 aromatic rings. The summed E-state index contributed by atoms with van der Waals surface area (Å²) < 4.78 is 36.9. The second-order valence-corrected chi connectivity index (χ2v) is 5.71. The number of halogens is 1. The Labute approximate surface area is 92.6 Å². The average molecular weight is 240 g/mol. The normalized spacial score (nSPS) is 26.3. The molecule has 0 bridgehead atoms. The Kier molecular flexibility index (Phi) is 2.35. The van der Waals surface area contributed by atoms with Crippen molar-refractivity contribution in [2.75, 3.05) is 5.32 Å². The first-order valence-electron chi connectivity index (χ1n) is 4.66. The van der Waals surface area contributed by atoms with Gasteiger partial charge in [0.15, 0.2) is 15.1 Å². The van der Waals surface area contributed by atoms with Crippen LogP contribution in [0.5, 0.6) is 0 Å². The Morgan fingerprint density at radius 2 is 2.19 bits per heavy atom. The Bertz CT molecular complexity index is 577. The van der Waals surface area contributed by atoms with E-state index < -0.39 is 26.9 Å². The summed E-state index contributed by atoms with van der Waals surface area (Å²) in [5.74, 6) is -0.510. The maximum absolute atomic E-state index is 13.0. The lowest BCUT2D eigenvalue weighted by atomic mass is 10.2. The zero-order chi connectivity index (χ0) is 11.9. The smallest absolute Gasteiger partial charge is 0.198 e. The number of hydrogen-bond donors (Lipinski definition) is 1. The molecular formula is C10H9FN2O2S. The van der Waals surface area contributed by atoms with Crippen molar-refractivity contribution < 1.29 is 12.8 Å². The van der Waals surface area contributed by atoms with Crippen LogP contribution < -0.4 is 5.32 Å². The van der Waals surface area contributed by atoms with E-state index in [1.54, 1.807) is 13.0 Å². The van der Waals surface area contributed by atoms with Gasteiger partial charge in [0.25, 0.3) is 0 Å². The SMILES string of the molecule is CC1Nc2cc(F)ccc2S(=O)(=O)C1C#N. The number of benzene rings is 1. The predicted octanol–water partition coefficient (Wildman–Crippen LogP) is 1.31. The summed E-state index contributed by atoms with van der Waals surface area (Å²) >= 11 is 0. The van der Waals surface area contributed by atoms with Crippen LogP contribution in [0.4, 0.5) is 10.1 Å². The van der Waals surface area contributed by atoms with E-state index in [0.717, 1.165) is 12.1 Å². The van der Waals surface area contributed by atoms with Gasteiger partial charge in [-0.2, -0.15) is 5.26 Å². The molecule has 0 fully saturated rings. The molecule has 1 N–H and O–H groups in total. The van der Waals surface area contributed by atoms with E-state index in [0.29, 0.717) is 0 Å². The molecule has 1 aliphatic heterocycles. The Balaban J connectivity index is 2.68. The van der Waals surface area contributed by atoms with Crippen LogP contribution in [0.2, 0.25) is 0 Å². The molecule has 1 aromatic carbocycles. The number of rotatable bonds is 0. The molecule has 4 nitrogen and oxygen atoms in total. The molecule has 0 amide bonds. The Morgan fingerprint density at radius 3 is 2.81 bits per heavy atom. The van der Waals surface area contributed by atoms with E-state index >= 15 is 0 Å². The first-order chi connectivity index (χ1) is 7.46. The molecule has 6 heteroatoms. The molecular weight excluding hydrogens is 231 g/mol. The van der Waals surface area contributed by atoms with E-state index in [-0.39, 0.29) is 10.6 Å². The lowest BCUT2D eigenvalue weighted by molar-refractivity contribution is 0.576. The molecule has 2 atom stereocenters. The molecule has 0 saturated carbocycles. The summed E-state index contributed by atoms with van der Waals surface area (Å²) in [5.41, 5.74) is 0.221. The molecule has 2 unspecified atom stereocenters. The first kappa shape index (κ1) is 10.9. The molecule has 1 heterocycles. The van der Waals surface area contributed by atoms with Crippen LogP contribution in [0, 0.1) is 17.1 Å². The van der Waals surface area contributed by atoms with Crippen LogP contribution in [-0.2, 0) is 9.84 Å². The van der Waals surface area contributed by atoms with Gasteiger partial charge in [0.1, 0.15) is 5.82 Å². The summed E-state index contributed by atoms with van der Waals surface area (Å²) in [6.45, 7) is 1.58. The number of nitrogens with zero attached hydrogens (tertiary/aromatic N) is 1. The van der Waals surface area contributed by atoms with Crippen LogP contribution in [0.25, 0.3) is 0 Å². The highest BCUT2D eigenvalue weighted by molar-refractivity contribution is 7.92. The molecule has 0 aromatic heterocycles. The first-order valence-corrected chi connectivity index (χ1v) is 6.21. The van der Waals surface area contributed by atoms with Crippen LogP contribution in [-0.4, -0.2) is 19.7 Å². The van der Waals surface area contributed by atoms with Gasteiger partial charge < -0.3 is 5.32 Å². The lowest BCUT2D eigenvalue weighted by Gasteiger charge is -2.27. The number of fused-ring (bicyclic) bond motifs is 1. The molecule has 16 heavy (non-hydrogen) atoms. The lowest BCUT2D eigenvalue weighted by Crippen LogP contribution is -2.40. The molecule has 1 aliphatic rings. The van der Waals surface area contributed by atoms with E-state index in [4.69, 9.17) is 5.26 Å². The van der Waals surface area contributed by atoms with Crippen LogP contribution >= 0.6 is 0 Å². The average Bonchev–Trinajstić information content (AvgIpc) is 2.16. The standard InChI is InChI=1S/C10H9FN2O2S/c1-6-10(5-12)16(14,15)9-3-2-7(11)4-8(9)13-6/h2-4,6,10,13H,1H3. The van der Waals surface area contributed by atoms with Gasteiger partial charge in [0, 0.05) is 0 Å². The molecule has 0 aliphatic carbocycles. The molecule has 84 valence electrons. The van der Waals surface area contributed by atoms with Crippen molar-refractivity contribution in [2.24, 2.45) is 0 Å². The third-order valence-electron chi connectivity index (χ3n) is 2.55. The predicted molar refractivity (Wildman–Crippen MR) is 56.1 cm³/mol. The van der Waals surface area contributed by atoms with E-state index in [2.05, 4.69) is 5.32 Å². The summed E-state index contributed by atoms with van der Waals surface area (Å²) in [6, 6.07) is 4.58. The minimum Gasteiger partial charge on any atom is -0.379 e. The topological polar surface area (TPSA) is 70.0 Å². The molecule has 0 saturated heterocycles. The summed E-state index contributed by atoms with van der Waals surface area (Å²) in [4.78, 5) is -0.0152. The van der Waals surface area contributed by atoms with Crippen molar-refractivity contribution in [3.63, 3.8) is 0 Å². The number of anilines is 1. The largest absolute Gasteiger partial charge is 0.379 e. The van der Waals surface area contributed by atoms with E-state index in [1.165, 1.54) is 6.07 Å². The van der Waals surface area contributed by atoms with Crippen molar-refractivity contribution in [2.45, 2.75) is 23.1 Å². The fourth-order valence-electron chi connectivity index (χ4n) is 1.77. The fraction of sp³-hybridized carbons (Fsp3) is 0.300. The van der Waals surface area contributed by atoms with Gasteiger partial charge in [-0.15, -0.1) is 0 Å². The maximum atomic E-state index is 13.0. The Hall–Kier alpha value is -1.61. The fourth-order valence-corrected chi connectivity index (χ4v) is 3.47. The number of sulfone groups is 1. The maximum Gasteiger partial charge on any atom is 0.198 e. The van der Waals surface area contributed by atoms with E-state index in [9.17, 15) is 12.8 Å². The highest BCUT2D eigenvalue weighted by Gasteiger charge is 2.38. The van der Waals surface area contributed by atoms with Gasteiger partial charge in [0.05, 0.1) is 22.7 Å². The van der Waals surface area contributed by atoms with Gasteiger partial charge in [-0.25, -0.2) is 12.8 Å². The van der Waals surface area contributed by atoms with Gasteiger partial charge in [-0.3, -0.25) is 0 Å². The van der Waals surface area contributed by atoms with Crippen molar-refractivity contribution in [3.8, 4) is 6.07 Å². The quantitative estimate of drug-likeness (QED) is 0.694. The summed E-state index contributed by atoms with van der Waals surface area (Å²) in [5, 5.41) is 10.5. The number of hydrogen-bond acceptors (Lipinski definition) is 4. The molecule has 2 rings (SSSR count). The zero-order valence-electron chi connectivity index (χ0n) is 8.44. The van der Waals surface area contributed by atoms with Crippen molar-refractivity contribution in [3.05, 3.63) is 24.0 Å². The van der Waals surface area contributed by atoms with Crippen molar-refractivity contribution >= 4 is 15.5 Å². The minimum absolute atomic E-state index is 0.0152. The summed E-state index contributed by atoms with van der Waals surface area (Å²) in [6.07, 6.45) is 0. The monoisotopic (exact) mass is 240 g/mol. The van der Waals surface area contributed by atoms with Crippen LogP contribution in [0.1, 0.15) is 6.92 Å². The highest BCUT2D eigenvalue weighted by atomic mass is 32.2. The van der Waals surface area contributed by atoms with Crippen LogP contribution in [0.15, 0.2) is 23.1 Å². The third-order valence-corrected chi connectivity index (χ3v) is 4.70.